The molecule has 0 unspecified atom stereocenters. The molecule has 3 heterocycles. The van der Waals surface area contributed by atoms with Gasteiger partial charge in [0.05, 0.1) is 42.6 Å². The fourth-order valence-corrected chi connectivity index (χ4v) is 4.66. The van der Waals surface area contributed by atoms with Gasteiger partial charge in [-0.1, -0.05) is 19.9 Å². The first-order valence-electron chi connectivity index (χ1n) is 10.7. The molecule has 2 aromatic rings. The number of aliphatic imine (C=N–C) groups is 1. The van der Waals surface area contributed by atoms with Crippen LogP contribution in [0.5, 0.6) is 5.88 Å². The van der Waals surface area contributed by atoms with Crippen LogP contribution in [0.3, 0.4) is 0 Å². The van der Waals surface area contributed by atoms with E-state index in [-0.39, 0.29) is 0 Å². The van der Waals surface area contributed by atoms with Gasteiger partial charge in [0.25, 0.3) is 0 Å². The van der Waals surface area contributed by atoms with E-state index in [4.69, 9.17) is 9.73 Å². The van der Waals surface area contributed by atoms with Crippen molar-refractivity contribution in [3.05, 3.63) is 29.3 Å². The molecule has 5 heteroatoms. The van der Waals surface area contributed by atoms with Gasteiger partial charge in [0.15, 0.2) is 0 Å². The molecule has 1 saturated heterocycles. The van der Waals surface area contributed by atoms with Crippen LogP contribution in [0, 0.1) is 5.92 Å². The molecule has 2 aliphatic rings. The maximum Gasteiger partial charge on any atom is 0.201 e. The van der Waals surface area contributed by atoms with E-state index in [0.717, 1.165) is 48.1 Å². The highest BCUT2D eigenvalue weighted by Gasteiger charge is 2.31. The molecule has 0 saturated carbocycles. The molecular weight excluding hydrogens is 350 g/mol. The van der Waals surface area contributed by atoms with Gasteiger partial charge in [0.2, 0.25) is 5.88 Å². The maximum absolute atomic E-state index is 11.3. The van der Waals surface area contributed by atoms with E-state index >= 15 is 0 Å². The molecule has 0 aliphatic carbocycles. The summed E-state index contributed by atoms with van der Waals surface area (Å²) in [5, 5.41) is 12.4. The molecule has 28 heavy (non-hydrogen) atoms. The number of rotatable bonds is 5. The minimum absolute atomic E-state index is 0.291. The molecule has 0 amide bonds. The highest BCUT2D eigenvalue weighted by atomic mass is 16.5. The van der Waals surface area contributed by atoms with Crippen LogP contribution < -0.4 is 0 Å². The highest BCUT2D eigenvalue weighted by molar-refractivity contribution is 6.14. The van der Waals surface area contributed by atoms with Crippen molar-refractivity contribution in [1.82, 2.24) is 9.47 Å². The first-order chi connectivity index (χ1) is 13.5. The van der Waals surface area contributed by atoms with Gasteiger partial charge in [0.1, 0.15) is 0 Å². The average Bonchev–Trinajstić information content (AvgIpc) is 3.24. The van der Waals surface area contributed by atoms with Gasteiger partial charge in [-0.3, -0.25) is 9.89 Å². The Morgan fingerprint density at radius 3 is 2.71 bits per heavy atom. The lowest BCUT2D eigenvalue weighted by atomic mass is 9.99. The van der Waals surface area contributed by atoms with Crippen molar-refractivity contribution < 1.29 is 9.84 Å². The largest absolute Gasteiger partial charge is 0.494 e. The Hall–Kier alpha value is -1.85. The van der Waals surface area contributed by atoms with Crippen LogP contribution >= 0.6 is 0 Å². The third-order valence-corrected chi connectivity index (χ3v) is 6.04. The summed E-state index contributed by atoms with van der Waals surface area (Å²) >= 11 is 0. The van der Waals surface area contributed by atoms with E-state index in [1.165, 1.54) is 5.56 Å². The molecule has 4 rings (SSSR count). The zero-order valence-electron chi connectivity index (χ0n) is 17.6. The zero-order valence-corrected chi connectivity index (χ0v) is 17.6. The molecule has 0 bridgehead atoms. The number of fused-ring (bicyclic) bond motifs is 1. The van der Waals surface area contributed by atoms with Crippen LogP contribution in [0.2, 0.25) is 0 Å². The van der Waals surface area contributed by atoms with E-state index in [9.17, 15) is 5.11 Å². The Bertz CT molecular complexity index is 882. The normalized spacial score (nSPS) is 21.2. The molecule has 1 fully saturated rings. The van der Waals surface area contributed by atoms with E-state index < -0.39 is 0 Å². The van der Waals surface area contributed by atoms with Crippen molar-refractivity contribution in [2.45, 2.75) is 52.6 Å². The molecule has 0 spiro atoms. The standard InChI is InChI=1S/C23H33N3O2/c1-15(2)11-17-5-6-21-19(12-17)22(20-14-28-10-8-24-20)23(27)26(21)18-7-9-25(13-18)16(3)4/h5-6,12,15-16,18,27H,7-11,13-14H2,1-4H3/t18-/m0/s1. The van der Waals surface area contributed by atoms with Crippen LogP contribution in [-0.4, -0.2) is 59.2 Å². The summed E-state index contributed by atoms with van der Waals surface area (Å²) in [5.41, 5.74) is 4.19. The summed E-state index contributed by atoms with van der Waals surface area (Å²) in [7, 11) is 0. The van der Waals surface area contributed by atoms with Crippen molar-refractivity contribution in [1.29, 1.82) is 0 Å². The minimum Gasteiger partial charge on any atom is -0.494 e. The summed E-state index contributed by atoms with van der Waals surface area (Å²) in [6.07, 6.45) is 2.10. The van der Waals surface area contributed by atoms with Gasteiger partial charge in [0, 0.05) is 24.5 Å². The fourth-order valence-electron chi connectivity index (χ4n) is 4.66. The summed E-state index contributed by atoms with van der Waals surface area (Å²) in [4.78, 5) is 7.18. The number of aromatic nitrogens is 1. The quantitative estimate of drug-likeness (QED) is 0.848. The molecule has 1 aromatic carbocycles. The van der Waals surface area contributed by atoms with Gasteiger partial charge >= 0.3 is 0 Å². The van der Waals surface area contributed by atoms with Crippen LogP contribution in [0.15, 0.2) is 23.2 Å². The predicted octanol–water partition coefficient (Wildman–Crippen LogP) is 4.02. The Balaban J connectivity index is 1.83. The zero-order chi connectivity index (χ0) is 19.8. The monoisotopic (exact) mass is 383 g/mol. The predicted molar refractivity (Wildman–Crippen MR) is 115 cm³/mol. The number of ether oxygens (including phenoxy) is 1. The molecule has 1 atom stereocenters. The molecule has 1 aromatic heterocycles. The molecule has 152 valence electrons. The smallest absolute Gasteiger partial charge is 0.201 e. The third kappa shape index (κ3) is 3.58. The summed E-state index contributed by atoms with van der Waals surface area (Å²) in [6, 6.07) is 7.49. The number of hydrogen-bond donors (Lipinski definition) is 1. The van der Waals surface area contributed by atoms with Crippen LogP contribution in [0.1, 0.15) is 51.3 Å². The second-order valence-corrected chi connectivity index (χ2v) is 8.93. The summed E-state index contributed by atoms with van der Waals surface area (Å²) in [5.74, 6) is 0.956. The van der Waals surface area contributed by atoms with E-state index in [2.05, 4.69) is 55.4 Å². The molecule has 2 aliphatic heterocycles. The Labute approximate surface area is 168 Å². The lowest BCUT2D eigenvalue weighted by Crippen LogP contribution is -2.28. The maximum atomic E-state index is 11.3. The molecule has 0 radical (unpaired) electrons. The van der Waals surface area contributed by atoms with Crippen molar-refractivity contribution in [3.8, 4) is 5.88 Å². The molecule has 1 N–H and O–H groups in total. The SMILES string of the molecule is CC(C)Cc1ccc2c(c1)c(C1=NCCOC1)c(O)n2[C@H]1CCN(C(C)C)C1. The van der Waals surface area contributed by atoms with Crippen molar-refractivity contribution >= 4 is 16.6 Å². The van der Waals surface area contributed by atoms with E-state index in [0.29, 0.717) is 43.6 Å². The number of likely N-dealkylation sites (tertiary alicyclic amines) is 1. The van der Waals surface area contributed by atoms with Gasteiger partial charge in [-0.05, 0) is 50.3 Å². The second-order valence-electron chi connectivity index (χ2n) is 8.93. The third-order valence-electron chi connectivity index (χ3n) is 6.04. The minimum atomic E-state index is 0.291. The number of aromatic hydroxyl groups is 1. The lowest BCUT2D eigenvalue weighted by Gasteiger charge is -2.21. The van der Waals surface area contributed by atoms with Crippen LogP contribution in [-0.2, 0) is 11.2 Å². The van der Waals surface area contributed by atoms with Crippen molar-refractivity contribution in [2.24, 2.45) is 10.9 Å². The van der Waals surface area contributed by atoms with Gasteiger partial charge in [-0.2, -0.15) is 0 Å². The van der Waals surface area contributed by atoms with Crippen LogP contribution in [0.4, 0.5) is 0 Å². The lowest BCUT2D eigenvalue weighted by molar-refractivity contribution is 0.171. The second kappa shape index (κ2) is 7.88. The Morgan fingerprint density at radius 2 is 2.07 bits per heavy atom. The Morgan fingerprint density at radius 1 is 1.25 bits per heavy atom. The number of benzene rings is 1. The van der Waals surface area contributed by atoms with E-state index in [1.807, 2.05) is 0 Å². The molecular formula is C23H33N3O2. The van der Waals surface area contributed by atoms with Crippen LogP contribution in [0.25, 0.3) is 10.9 Å². The van der Waals surface area contributed by atoms with Crippen molar-refractivity contribution in [3.63, 3.8) is 0 Å². The fraction of sp³-hybridized carbons (Fsp3) is 0.609. The number of nitrogens with zero attached hydrogens (tertiary/aromatic N) is 3. The highest BCUT2D eigenvalue weighted by Crippen LogP contribution is 2.39. The summed E-state index contributed by atoms with van der Waals surface area (Å²) < 4.78 is 7.82. The first-order valence-corrected chi connectivity index (χ1v) is 10.7. The van der Waals surface area contributed by atoms with Gasteiger partial charge in [-0.15, -0.1) is 0 Å². The van der Waals surface area contributed by atoms with Gasteiger partial charge in [-0.25, -0.2) is 0 Å². The Kier molecular flexibility index (Phi) is 5.48. The number of hydrogen-bond acceptors (Lipinski definition) is 4. The molecule has 5 nitrogen and oxygen atoms in total. The van der Waals surface area contributed by atoms with Crippen molar-refractivity contribution in [2.75, 3.05) is 32.8 Å². The first kappa shape index (κ1) is 19.5. The summed E-state index contributed by atoms with van der Waals surface area (Å²) in [6.45, 7) is 12.8. The van der Waals surface area contributed by atoms with E-state index in [1.54, 1.807) is 0 Å². The topological polar surface area (TPSA) is 50.0 Å². The van der Waals surface area contributed by atoms with Gasteiger partial charge < -0.3 is 14.4 Å². The average molecular weight is 384 g/mol.